The summed E-state index contributed by atoms with van der Waals surface area (Å²) >= 11 is 0. The molecule has 0 aromatic carbocycles. The lowest BCUT2D eigenvalue weighted by molar-refractivity contribution is 0.213. The summed E-state index contributed by atoms with van der Waals surface area (Å²) in [5, 5.41) is 0. The second-order valence-electron chi connectivity index (χ2n) is 4.06. The van der Waals surface area contributed by atoms with E-state index in [1.807, 2.05) is 0 Å². The fourth-order valence-electron chi connectivity index (χ4n) is 1.60. The van der Waals surface area contributed by atoms with E-state index in [4.69, 9.17) is 0 Å². The molecule has 0 N–H and O–H groups in total. The molecule has 1 saturated heterocycles. The molecule has 1 fully saturated rings. The minimum absolute atomic E-state index is 0.930. The highest BCUT2D eigenvalue weighted by Gasteiger charge is 2.13. The van der Waals surface area contributed by atoms with Crippen LogP contribution in [0.5, 0.6) is 0 Å². The summed E-state index contributed by atoms with van der Waals surface area (Å²) in [4.78, 5) is 2.47. The molecule has 13 heavy (non-hydrogen) atoms. The van der Waals surface area contributed by atoms with E-state index < -0.39 is 0 Å². The van der Waals surface area contributed by atoms with Gasteiger partial charge >= 0.3 is 0 Å². The molecule has 74 valence electrons. The van der Waals surface area contributed by atoms with Crippen LogP contribution in [0.4, 0.5) is 0 Å². The van der Waals surface area contributed by atoms with Gasteiger partial charge in [-0.3, -0.25) is 4.90 Å². The van der Waals surface area contributed by atoms with Gasteiger partial charge in [-0.2, -0.15) is 0 Å². The van der Waals surface area contributed by atoms with Gasteiger partial charge in [0.05, 0.1) is 6.54 Å². The van der Waals surface area contributed by atoms with E-state index in [1.165, 1.54) is 32.4 Å². The zero-order valence-electron chi connectivity index (χ0n) is 8.97. The van der Waals surface area contributed by atoms with E-state index in [2.05, 4.69) is 30.6 Å². The molecule has 0 aliphatic carbocycles. The van der Waals surface area contributed by atoms with Crippen molar-refractivity contribution in [1.29, 1.82) is 0 Å². The van der Waals surface area contributed by atoms with Gasteiger partial charge in [-0.1, -0.05) is 19.8 Å². The molecule has 0 radical (unpaired) electrons. The van der Waals surface area contributed by atoms with Crippen molar-refractivity contribution in [3.63, 3.8) is 0 Å². The topological polar surface area (TPSA) is 3.24 Å². The largest absolute Gasteiger partial charge is 0.292 e. The second-order valence-corrected chi connectivity index (χ2v) is 4.06. The predicted molar refractivity (Wildman–Crippen MR) is 57.5 cm³/mol. The first-order valence-electron chi connectivity index (χ1n) is 5.51. The highest BCUT2D eigenvalue weighted by Crippen LogP contribution is 2.14. The summed E-state index contributed by atoms with van der Waals surface area (Å²) in [6.07, 6.45) is 4.96. The van der Waals surface area contributed by atoms with Gasteiger partial charge < -0.3 is 0 Å². The Balaban J connectivity index is 2.13. The first kappa shape index (κ1) is 10.6. The summed E-state index contributed by atoms with van der Waals surface area (Å²) < 4.78 is 0. The van der Waals surface area contributed by atoms with Gasteiger partial charge in [0.15, 0.2) is 0 Å². The first-order valence-corrected chi connectivity index (χ1v) is 5.51. The van der Waals surface area contributed by atoms with Gasteiger partial charge in [0.1, 0.15) is 0 Å². The smallest absolute Gasteiger partial charge is 0.0601 e. The van der Waals surface area contributed by atoms with Crippen LogP contribution in [-0.2, 0) is 0 Å². The molecule has 1 heteroatoms. The van der Waals surface area contributed by atoms with E-state index in [-0.39, 0.29) is 0 Å². The average molecular weight is 179 g/mol. The van der Waals surface area contributed by atoms with Crippen LogP contribution in [0.15, 0.2) is 0 Å². The van der Waals surface area contributed by atoms with Gasteiger partial charge in [-0.25, -0.2) is 0 Å². The van der Waals surface area contributed by atoms with Crippen LogP contribution in [-0.4, -0.2) is 24.5 Å². The maximum Gasteiger partial charge on any atom is 0.0601 e. The van der Waals surface area contributed by atoms with Crippen molar-refractivity contribution >= 4 is 0 Å². The van der Waals surface area contributed by atoms with Crippen LogP contribution in [0.1, 0.15) is 39.5 Å². The Labute approximate surface area is 82.5 Å². The quantitative estimate of drug-likeness (QED) is 0.589. The van der Waals surface area contributed by atoms with E-state index >= 15 is 0 Å². The molecule has 1 heterocycles. The van der Waals surface area contributed by atoms with E-state index in [1.54, 1.807) is 0 Å². The minimum Gasteiger partial charge on any atom is -0.292 e. The third-order valence-electron chi connectivity index (χ3n) is 2.68. The van der Waals surface area contributed by atoms with Gasteiger partial charge in [0.2, 0.25) is 0 Å². The van der Waals surface area contributed by atoms with Crippen molar-refractivity contribution in [3.05, 3.63) is 0 Å². The lowest BCUT2D eigenvalue weighted by Gasteiger charge is -2.28. The maximum absolute atomic E-state index is 3.25. The zero-order valence-corrected chi connectivity index (χ0v) is 8.97. The zero-order chi connectivity index (χ0) is 9.52. The number of nitrogens with zero attached hydrogens (tertiary/aromatic N) is 1. The Morgan fingerprint density at radius 2 is 1.92 bits per heavy atom. The van der Waals surface area contributed by atoms with Crippen LogP contribution in [0.25, 0.3) is 0 Å². The van der Waals surface area contributed by atoms with Gasteiger partial charge in [0, 0.05) is 6.42 Å². The molecule has 1 aliphatic heterocycles. The number of rotatable bonds is 2. The molecule has 1 aliphatic rings. The van der Waals surface area contributed by atoms with Gasteiger partial charge in [-0.05, 0) is 38.3 Å². The lowest BCUT2D eigenvalue weighted by Crippen LogP contribution is -2.33. The maximum atomic E-state index is 3.25. The van der Waals surface area contributed by atoms with E-state index in [0.717, 1.165) is 18.9 Å². The van der Waals surface area contributed by atoms with Crippen LogP contribution < -0.4 is 0 Å². The third kappa shape index (κ3) is 4.33. The van der Waals surface area contributed by atoms with Crippen molar-refractivity contribution < 1.29 is 0 Å². The Morgan fingerprint density at radius 3 is 2.54 bits per heavy atom. The average Bonchev–Trinajstić information content (AvgIpc) is 2.15. The minimum atomic E-state index is 0.930. The molecule has 0 bridgehead atoms. The van der Waals surface area contributed by atoms with Crippen molar-refractivity contribution in [2.75, 3.05) is 19.6 Å². The molecule has 0 atom stereocenters. The molecule has 1 rings (SSSR count). The number of unbranched alkanes of at least 4 members (excludes halogenated alkanes) is 1. The van der Waals surface area contributed by atoms with Gasteiger partial charge in [0.25, 0.3) is 0 Å². The Bertz CT molecular complexity index is 179. The highest BCUT2D eigenvalue weighted by molar-refractivity contribution is 5.01. The lowest BCUT2D eigenvalue weighted by atomic mass is 9.99. The Morgan fingerprint density at radius 1 is 1.23 bits per heavy atom. The van der Waals surface area contributed by atoms with Crippen molar-refractivity contribution in [3.8, 4) is 11.8 Å². The van der Waals surface area contributed by atoms with Crippen molar-refractivity contribution in [1.82, 2.24) is 4.90 Å². The normalized spacial score (nSPS) is 19.5. The summed E-state index contributed by atoms with van der Waals surface area (Å²) in [5.74, 6) is 7.38. The van der Waals surface area contributed by atoms with Gasteiger partial charge in [-0.15, -0.1) is 5.92 Å². The summed E-state index contributed by atoms with van der Waals surface area (Å²) in [6, 6.07) is 0. The third-order valence-corrected chi connectivity index (χ3v) is 2.68. The molecule has 0 aromatic rings. The summed E-state index contributed by atoms with van der Waals surface area (Å²) in [7, 11) is 0. The molecular weight excluding hydrogens is 158 g/mol. The number of hydrogen-bond acceptors (Lipinski definition) is 1. The van der Waals surface area contributed by atoms with Crippen LogP contribution in [0.2, 0.25) is 0 Å². The Hall–Kier alpha value is -0.480. The number of piperidine rings is 1. The van der Waals surface area contributed by atoms with Crippen LogP contribution in [0, 0.1) is 17.8 Å². The molecule has 1 nitrogen and oxygen atoms in total. The van der Waals surface area contributed by atoms with Crippen LogP contribution >= 0.6 is 0 Å². The molecule has 0 unspecified atom stereocenters. The summed E-state index contributed by atoms with van der Waals surface area (Å²) in [6.45, 7) is 8.02. The fraction of sp³-hybridized carbons (Fsp3) is 0.833. The predicted octanol–water partition coefficient (Wildman–Crippen LogP) is 2.52. The number of hydrogen-bond donors (Lipinski definition) is 0. The highest BCUT2D eigenvalue weighted by atomic mass is 15.1. The van der Waals surface area contributed by atoms with E-state index in [0.29, 0.717) is 0 Å². The standard InChI is InChI=1S/C12H21N/c1-3-4-5-6-9-13-10-7-12(2)8-11-13/h12H,3-4,7-11H2,1-2H3. The molecule has 0 spiro atoms. The van der Waals surface area contributed by atoms with Crippen LogP contribution in [0.3, 0.4) is 0 Å². The molecule has 0 saturated carbocycles. The first-order chi connectivity index (χ1) is 6.33. The summed E-state index contributed by atoms with van der Waals surface area (Å²) in [5.41, 5.74) is 0. The molecule has 0 amide bonds. The Kier molecular flexibility index (Phi) is 4.93. The van der Waals surface area contributed by atoms with E-state index in [9.17, 15) is 0 Å². The fourth-order valence-corrected chi connectivity index (χ4v) is 1.60. The molecule has 0 aromatic heterocycles. The van der Waals surface area contributed by atoms with Crippen molar-refractivity contribution in [2.24, 2.45) is 5.92 Å². The second kappa shape index (κ2) is 6.05. The van der Waals surface area contributed by atoms with Crippen molar-refractivity contribution in [2.45, 2.75) is 39.5 Å². The monoisotopic (exact) mass is 179 g/mol. The number of likely N-dealkylation sites (tertiary alicyclic amines) is 1. The SMILES string of the molecule is CCCC#CCN1CCC(C)CC1. The molecular formula is C12H21N.